The maximum atomic E-state index is 6.96. The molecule has 12 aromatic carbocycles. The molecule has 0 aliphatic carbocycles. The first kappa shape index (κ1) is 40.6. The molecular weight excluding hydrogens is 861 g/mol. The van der Waals surface area contributed by atoms with E-state index in [1.165, 1.54) is 71.2 Å². The molecule has 0 aliphatic heterocycles. The molecule has 0 N–H and O–H groups in total. The molecule has 0 atom stereocenters. The van der Waals surface area contributed by atoms with Crippen LogP contribution in [0.15, 0.2) is 271 Å². The van der Waals surface area contributed by atoms with Gasteiger partial charge < -0.3 is 13.9 Å². The summed E-state index contributed by atoms with van der Waals surface area (Å²) in [6, 6.07) is 96.6. The summed E-state index contributed by atoms with van der Waals surface area (Å²) in [7, 11) is 0. The third-order valence-electron chi connectivity index (χ3n) is 14.4. The summed E-state index contributed by atoms with van der Waals surface area (Å²) in [6.07, 6.45) is 0. The van der Waals surface area contributed by atoms with Crippen molar-refractivity contribution < 1.29 is 4.42 Å². The first-order chi connectivity index (χ1) is 35.2. The van der Waals surface area contributed by atoms with Crippen LogP contribution in [0.4, 0.5) is 17.1 Å². The number of nitrogens with zero attached hydrogens (tertiary/aromatic N) is 2. The Morgan fingerprint density at radius 3 is 1.54 bits per heavy atom. The molecule has 0 spiro atoms. The van der Waals surface area contributed by atoms with Gasteiger partial charge in [0.1, 0.15) is 11.2 Å². The van der Waals surface area contributed by atoms with Crippen LogP contribution in [0.5, 0.6) is 0 Å². The second kappa shape index (κ2) is 16.7. The molecule has 2 aromatic heterocycles. The Labute approximate surface area is 411 Å². The molecule has 0 saturated carbocycles. The summed E-state index contributed by atoms with van der Waals surface area (Å²) in [6.45, 7) is 0. The molecule has 0 amide bonds. The number of benzene rings is 12. The predicted octanol–water partition coefficient (Wildman–Crippen LogP) is 19.1. The number of para-hydroxylation sites is 3. The number of rotatable bonds is 8. The standard InChI is InChI=1S/C68H44N2O/c1-2-21-49(22-3-1)70-62-32-12-10-27-60(62)66-58(31-16-33-63(66)70)56-26-9-8-25-55(56)48-37-41-51(42-38-48)69(50-39-35-47(36-40-50)53-29-14-19-45-17-4-6-23-52(45)53)64-44-43-59(57-30-15-20-46-18-5-7-24-54(46)57)68-67(64)61-28-11-13-34-65(61)71-68/h1-44H. The molecule has 14 rings (SSSR count). The van der Waals surface area contributed by atoms with Gasteiger partial charge in [0.15, 0.2) is 0 Å². The summed E-state index contributed by atoms with van der Waals surface area (Å²) in [5, 5.41) is 9.49. The fourth-order valence-corrected chi connectivity index (χ4v) is 11.2. The monoisotopic (exact) mass is 904 g/mol. The van der Waals surface area contributed by atoms with Gasteiger partial charge in [0.25, 0.3) is 0 Å². The van der Waals surface area contributed by atoms with E-state index >= 15 is 0 Å². The van der Waals surface area contributed by atoms with Crippen molar-refractivity contribution in [3.05, 3.63) is 267 Å². The van der Waals surface area contributed by atoms with E-state index < -0.39 is 0 Å². The van der Waals surface area contributed by atoms with E-state index in [1.807, 2.05) is 0 Å². The summed E-state index contributed by atoms with van der Waals surface area (Å²) >= 11 is 0. The van der Waals surface area contributed by atoms with Crippen LogP contribution in [0.3, 0.4) is 0 Å². The van der Waals surface area contributed by atoms with E-state index in [0.717, 1.165) is 61.4 Å². The average Bonchev–Trinajstić information content (AvgIpc) is 4.01. The smallest absolute Gasteiger partial charge is 0.145 e. The van der Waals surface area contributed by atoms with Crippen LogP contribution in [0, 0.1) is 0 Å². The van der Waals surface area contributed by atoms with Gasteiger partial charge in [-0.1, -0.05) is 200 Å². The van der Waals surface area contributed by atoms with Gasteiger partial charge in [-0.05, 0) is 127 Å². The van der Waals surface area contributed by atoms with Crippen molar-refractivity contribution in [3.8, 4) is 50.2 Å². The van der Waals surface area contributed by atoms with Gasteiger partial charge in [0.05, 0.1) is 22.1 Å². The lowest BCUT2D eigenvalue weighted by atomic mass is 9.91. The van der Waals surface area contributed by atoms with Gasteiger partial charge in [-0.25, -0.2) is 0 Å². The minimum absolute atomic E-state index is 0.858. The molecule has 0 fully saturated rings. The van der Waals surface area contributed by atoms with E-state index in [-0.39, 0.29) is 0 Å². The van der Waals surface area contributed by atoms with Gasteiger partial charge in [-0.2, -0.15) is 0 Å². The van der Waals surface area contributed by atoms with Crippen LogP contribution < -0.4 is 4.90 Å². The number of hydrogen-bond acceptors (Lipinski definition) is 2. The first-order valence-electron chi connectivity index (χ1n) is 24.3. The molecule has 0 radical (unpaired) electrons. The molecule has 2 heterocycles. The molecule has 0 unspecified atom stereocenters. The minimum Gasteiger partial charge on any atom is -0.455 e. The highest BCUT2D eigenvalue weighted by Crippen LogP contribution is 2.48. The minimum atomic E-state index is 0.858. The van der Waals surface area contributed by atoms with Crippen LogP contribution in [-0.2, 0) is 0 Å². The Morgan fingerprint density at radius 2 is 0.803 bits per heavy atom. The van der Waals surface area contributed by atoms with Crippen molar-refractivity contribution in [2.75, 3.05) is 4.90 Å². The fourth-order valence-electron chi connectivity index (χ4n) is 11.2. The summed E-state index contributed by atoms with van der Waals surface area (Å²) in [5.41, 5.74) is 17.7. The van der Waals surface area contributed by atoms with Crippen LogP contribution in [0.25, 0.3) is 115 Å². The van der Waals surface area contributed by atoms with E-state index in [1.54, 1.807) is 0 Å². The average molecular weight is 905 g/mol. The zero-order valence-corrected chi connectivity index (χ0v) is 38.7. The lowest BCUT2D eigenvalue weighted by Gasteiger charge is -2.27. The summed E-state index contributed by atoms with van der Waals surface area (Å²) < 4.78 is 9.35. The van der Waals surface area contributed by atoms with Gasteiger partial charge in [-0.3, -0.25) is 0 Å². The molecule has 0 bridgehead atoms. The molecule has 3 nitrogen and oxygen atoms in total. The number of hydrogen-bond donors (Lipinski definition) is 0. The van der Waals surface area contributed by atoms with E-state index in [2.05, 4.69) is 276 Å². The Bertz CT molecular complexity index is 4320. The van der Waals surface area contributed by atoms with Crippen molar-refractivity contribution in [1.82, 2.24) is 4.57 Å². The Kier molecular flexibility index (Phi) is 9.53. The van der Waals surface area contributed by atoms with Crippen molar-refractivity contribution in [2.24, 2.45) is 0 Å². The highest BCUT2D eigenvalue weighted by Gasteiger charge is 2.24. The van der Waals surface area contributed by atoms with Gasteiger partial charge in [0.2, 0.25) is 0 Å². The third kappa shape index (κ3) is 6.66. The highest BCUT2D eigenvalue weighted by molar-refractivity contribution is 6.19. The molecule has 14 aromatic rings. The van der Waals surface area contributed by atoms with E-state index in [0.29, 0.717) is 0 Å². The second-order valence-corrected chi connectivity index (χ2v) is 18.4. The topological polar surface area (TPSA) is 21.3 Å². The van der Waals surface area contributed by atoms with Crippen molar-refractivity contribution >= 4 is 82.4 Å². The maximum Gasteiger partial charge on any atom is 0.145 e. The Balaban J connectivity index is 0.945. The molecule has 0 aliphatic rings. The zero-order valence-electron chi connectivity index (χ0n) is 38.7. The number of fused-ring (bicyclic) bond motifs is 8. The quantitative estimate of drug-likeness (QED) is 0.151. The van der Waals surface area contributed by atoms with E-state index in [9.17, 15) is 0 Å². The fraction of sp³-hybridized carbons (Fsp3) is 0. The molecule has 0 saturated heterocycles. The normalized spacial score (nSPS) is 11.7. The van der Waals surface area contributed by atoms with Crippen LogP contribution in [0.2, 0.25) is 0 Å². The molecule has 332 valence electrons. The van der Waals surface area contributed by atoms with Crippen LogP contribution in [-0.4, -0.2) is 4.57 Å². The third-order valence-corrected chi connectivity index (χ3v) is 14.4. The summed E-state index contributed by atoms with van der Waals surface area (Å²) in [4.78, 5) is 2.40. The Morgan fingerprint density at radius 1 is 0.296 bits per heavy atom. The van der Waals surface area contributed by atoms with Gasteiger partial charge in [-0.15, -0.1) is 0 Å². The molecule has 71 heavy (non-hydrogen) atoms. The SMILES string of the molecule is c1ccc(-n2c3ccccc3c3c(-c4ccccc4-c4ccc(N(c5ccc(-c6cccc7ccccc67)cc5)c5ccc(-c6cccc7ccccc67)c6oc7ccccc7c56)cc4)cccc32)cc1. The Hall–Kier alpha value is -9.44. The zero-order chi connectivity index (χ0) is 46.8. The van der Waals surface area contributed by atoms with Gasteiger partial charge >= 0.3 is 0 Å². The largest absolute Gasteiger partial charge is 0.455 e. The number of furan rings is 1. The predicted molar refractivity (Wildman–Crippen MR) is 299 cm³/mol. The van der Waals surface area contributed by atoms with Crippen LogP contribution >= 0.6 is 0 Å². The van der Waals surface area contributed by atoms with Crippen molar-refractivity contribution in [3.63, 3.8) is 0 Å². The lowest BCUT2D eigenvalue weighted by molar-refractivity contribution is 0.670. The number of anilines is 3. The first-order valence-corrected chi connectivity index (χ1v) is 24.3. The van der Waals surface area contributed by atoms with Crippen molar-refractivity contribution in [2.45, 2.75) is 0 Å². The van der Waals surface area contributed by atoms with Crippen LogP contribution in [0.1, 0.15) is 0 Å². The lowest BCUT2D eigenvalue weighted by Crippen LogP contribution is -2.10. The van der Waals surface area contributed by atoms with Gasteiger partial charge in [0, 0.05) is 38.8 Å². The molecule has 3 heteroatoms. The second-order valence-electron chi connectivity index (χ2n) is 18.4. The highest BCUT2D eigenvalue weighted by atomic mass is 16.3. The van der Waals surface area contributed by atoms with E-state index in [4.69, 9.17) is 4.42 Å². The summed E-state index contributed by atoms with van der Waals surface area (Å²) in [5.74, 6) is 0. The number of aromatic nitrogens is 1. The molecular formula is C68H44N2O. The van der Waals surface area contributed by atoms with Crippen molar-refractivity contribution in [1.29, 1.82) is 0 Å². The maximum absolute atomic E-state index is 6.96.